The molecule has 2 saturated carbocycles. The van der Waals surface area contributed by atoms with Crippen LogP contribution in [0, 0.1) is 5.41 Å². The number of piperidine rings is 1. The predicted molar refractivity (Wildman–Crippen MR) is 100 cm³/mol. The van der Waals surface area contributed by atoms with Gasteiger partial charge in [0, 0.05) is 18.0 Å². The average molecular weight is 386 g/mol. The van der Waals surface area contributed by atoms with Crippen molar-refractivity contribution in [3.63, 3.8) is 0 Å². The summed E-state index contributed by atoms with van der Waals surface area (Å²) < 4.78 is 11.3. The van der Waals surface area contributed by atoms with E-state index in [-0.39, 0.29) is 24.9 Å². The molecule has 1 unspecified atom stereocenters. The molecule has 5 atom stereocenters. The summed E-state index contributed by atoms with van der Waals surface area (Å²) in [7, 11) is 0. The van der Waals surface area contributed by atoms with Crippen molar-refractivity contribution in [1.82, 2.24) is 4.90 Å². The minimum Gasteiger partial charge on any atom is -0.454 e. The van der Waals surface area contributed by atoms with Crippen LogP contribution in [0.15, 0.2) is 12.1 Å². The first-order valence-corrected chi connectivity index (χ1v) is 10.3. The smallest absolute Gasteiger partial charge is 0.231 e. The second-order valence-electron chi connectivity index (χ2n) is 9.33. The zero-order chi connectivity index (χ0) is 19.1. The Morgan fingerprint density at radius 3 is 2.96 bits per heavy atom. The summed E-state index contributed by atoms with van der Waals surface area (Å²) in [5.41, 5.74) is 0.646. The monoisotopic (exact) mass is 386 g/mol. The molecule has 0 aromatic heterocycles. The fraction of sp³-hybridized carbons (Fsp3) is 0.667. The molecule has 28 heavy (non-hydrogen) atoms. The van der Waals surface area contributed by atoms with Gasteiger partial charge in [-0.3, -0.25) is 4.79 Å². The number of hydrogen-bond donors (Lipinski definition) is 3. The van der Waals surface area contributed by atoms with Crippen molar-refractivity contribution >= 4 is 12.1 Å². The number of aliphatic hydroxyl groups is 2. The van der Waals surface area contributed by atoms with Crippen molar-refractivity contribution in [1.29, 1.82) is 0 Å². The van der Waals surface area contributed by atoms with E-state index in [1.165, 1.54) is 0 Å². The fourth-order valence-electron chi connectivity index (χ4n) is 7.55. The summed E-state index contributed by atoms with van der Waals surface area (Å²) in [5, 5.41) is 25.3. The molecule has 2 aliphatic carbocycles. The van der Waals surface area contributed by atoms with Gasteiger partial charge < -0.3 is 29.9 Å². The number of anilines is 1. The number of ether oxygens (including phenoxy) is 2. The molecule has 1 spiro atoms. The van der Waals surface area contributed by atoms with Crippen LogP contribution in [0.4, 0.5) is 5.69 Å². The minimum atomic E-state index is -0.620. The molecule has 7 heteroatoms. The van der Waals surface area contributed by atoms with Gasteiger partial charge in [-0.1, -0.05) is 6.07 Å². The number of nitrogens with zero attached hydrogens (tertiary/aromatic N) is 1. The van der Waals surface area contributed by atoms with Crippen LogP contribution < -0.4 is 14.8 Å². The molecule has 1 amide bonds. The lowest BCUT2D eigenvalue weighted by Gasteiger charge is -2.68. The highest BCUT2D eigenvalue weighted by molar-refractivity contribution is 5.78. The van der Waals surface area contributed by atoms with E-state index in [0.29, 0.717) is 17.9 Å². The molecular weight excluding hydrogens is 360 g/mol. The Kier molecular flexibility index (Phi) is 3.22. The molecule has 3 aliphatic heterocycles. The van der Waals surface area contributed by atoms with E-state index < -0.39 is 17.1 Å². The Labute approximate surface area is 163 Å². The van der Waals surface area contributed by atoms with Crippen LogP contribution >= 0.6 is 0 Å². The van der Waals surface area contributed by atoms with E-state index in [9.17, 15) is 15.0 Å². The maximum atomic E-state index is 12.1. The first kappa shape index (κ1) is 16.9. The summed E-state index contributed by atoms with van der Waals surface area (Å²) in [5.74, 6) is 1.39. The fourth-order valence-corrected chi connectivity index (χ4v) is 7.55. The second kappa shape index (κ2) is 5.33. The summed E-state index contributed by atoms with van der Waals surface area (Å²) >= 11 is 0. The quantitative estimate of drug-likeness (QED) is 0.665. The molecule has 7 nitrogen and oxygen atoms in total. The van der Waals surface area contributed by atoms with Crippen molar-refractivity contribution < 1.29 is 24.5 Å². The Bertz CT molecular complexity index is 861. The first-order valence-electron chi connectivity index (χ1n) is 10.3. The largest absolute Gasteiger partial charge is 0.454 e. The molecule has 1 saturated heterocycles. The lowest BCUT2D eigenvalue weighted by Crippen LogP contribution is -2.76. The highest BCUT2D eigenvalue weighted by Gasteiger charge is 2.73. The van der Waals surface area contributed by atoms with E-state index in [4.69, 9.17) is 9.47 Å². The van der Waals surface area contributed by atoms with Gasteiger partial charge in [-0.25, -0.2) is 0 Å². The van der Waals surface area contributed by atoms with E-state index in [0.717, 1.165) is 56.3 Å². The highest BCUT2D eigenvalue weighted by Crippen LogP contribution is 2.69. The van der Waals surface area contributed by atoms with Crippen LogP contribution in [0.25, 0.3) is 0 Å². The standard InChI is InChI=1S/C21H26N2O5/c24-10-20-6-5-19-4-1-7-23(11-25)18(19)21(20,9-13(26)8-19)14-2-3-15-17(16(14)22-20)28-12-27-15/h2-3,11,13,18,22,24,26H,1,4-10,12H2/t13?,18-,19+,20+,21+/m0/s1. The number of carbonyl (C=O) groups excluding carboxylic acids is 1. The van der Waals surface area contributed by atoms with Crippen LogP contribution in [0.3, 0.4) is 0 Å². The van der Waals surface area contributed by atoms with Crippen molar-refractivity contribution in [3.05, 3.63) is 17.7 Å². The van der Waals surface area contributed by atoms with Gasteiger partial charge in [0.05, 0.1) is 23.9 Å². The minimum absolute atomic E-state index is 0.0373. The molecule has 1 aromatic carbocycles. The SMILES string of the molecule is O=CN1CCC[C@@]23CC[C@]4(CO)Nc5c(ccc6c5OCO6)[C@]4(CC(O)C2)[C@@H]13. The molecule has 1 aromatic rings. The average Bonchev–Trinajstić information content (AvgIpc) is 3.27. The van der Waals surface area contributed by atoms with Gasteiger partial charge in [-0.05, 0) is 55.6 Å². The molecule has 150 valence electrons. The van der Waals surface area contributed by atoms with Crippen molar-refractivity contribution in [3.8, 4) is 11.5 Å². The highest BCUT2D eigenvalue weighted by atomic mass is 16.7. The van der Waals surface area contributed by atoms with Crippen molar-refractivity contribution in [2.24, 2.45) is 5.41 Å². The lowest BCUT2D eigenvalue weighted by atomic mass is 9.42. The number of carbonyl (C=O) groups is 1. The zero-order valence-electron chi connectivity index (χ0n) is 15.8. The van der Waals surface area contributed by atoms with Gasteiger partial charge in [0.1, 0.15) is 0 Å². The van der Waals surface area contributed by atoms with Crippen LogP contribution in [0.2, 0.25) is 0 Å². The number of amides is 1. The lowest BCUT2D eigenvalue weighted by molar-refractivity contribution is -0.167. The third kappa shape index (κ3) is 1.72. The van der Waals surface area contributed by atoms with Gasteiger partial charge in [0.25, 0.3) is 0 Å². The van der Waals surface area contributed by atoms with Gasteiger partial charge in [0.2, 0.25) is 13.2 Å². The van der Waals surface area contributed by atoms with Gasteiger partial charge in [0.15, 0.2) is 11.5 Å². The number of rotatable bonds is 2. The molecule has 0 radical (unpaired) electrons. The molecular formula is C21H26N2O5. The van der Waals surface area contributed by atoms with E-state index >= 15 is 0 Å². The summed E-state index contributed by atoms with van der Waals surface area (Å²) in [4.78, 5) is 14.1. The Morgan fingerprint density at radius 1 is 1.25 bits per heavy atom. The maximum Gasteiger partial charge on any atom is 0.231 e. The summed E-state index contributed by atoms with van der Waals surface area (Å²) in [6.07, 6.45) is 5.47. The number of nitrogens with one attached hydrogen (secondary N) is 1. The van der Waals surface area contributed by atoms with E-state index in [1.54, 1.807) is 0 Å². The molecule has 3 N–H and O–H groups in total. The van der Waals surface area contributed by atoms with Crippen LogP contribution in [-0.2, 0) is 10.2 Å². The van der Waals surface area contributed by atoms with E-state index in [1.807, 2.05) is 11.0 Å². The molecule has 3 fully saturated rings. The number of fused-ring (bicyclic) bond motifs is 3. The number of aliphatic hydroxyl groups excluding tert-OH is 2. The maximum absolute atomic E-state index is 12.1. The first-order chi connectivity index (χ1) is 13.6. The van der Waals surface area contributed by atoms with Gasteiger partial charge in [-0.15, -0.1) is 0 Å². The Balaban J connectivity index is 1.65. The second-order valence-corrected chi connectivity index (χ2v) is 9.33. The number of hydrogen-bond acceptors (Lipinski definition) is 6. The van der Waals surface area contributed by atoms with Crippen LogP contribution in [0.1, 0.15) is 44.1 Å². The van der Waals surface area contributed by atoms with Crippen LogP contribution in [0.5, 0.6) is 11.5 Å². The molecule has 3 heterocycles. The predicted octanol–water partition coefficient (Wildman–Crippen LogP) is 1.37. The van der Waals surface area contributed by atoms with Crippen LogP contribution in [-0.4, -0.2) is 59.2 Å². The number of benzene rings is 1. The number of likely N-dealkylation sites (tertiary alicyclic amines) is 1. The molecule has 2 bridgehead atoms. The third-order valence-electron chi connectivity index (χ3n) is 8.36. The normalized spacial score (nSPS) is 42.3. The zero-order valence-corrected chi connectivity index (χ0v) is 15.8. The summed E-state index contributed by atoms with van der Waals surface area (Å²) in [6.45, 7) is 0.863. The van der Waals surface area contributed by atoms with E-state index in [2.05, 4.69) is 11.4 Å². The van der Waals surface area contributed by atoms with Crippen molar-refractivity contribution in [2.75, 3.05) is 25.3 Å². The van der Waals surface area contributed by atoms with Gasteiger partial charge >= 0.3 is 0 Å². The van der Waals surface area contributed by atoms with Gasteiger partial charge in [-0.2, -0.15) is 0 Å². The van der Waals surface area contributed by atoms with Crippen molar-refractivity contribution in [2.45, 2.75) is 61.6 Å². The Hall–Kier alpha value is -1.99. The molecule has 6 rings (SSSR count). The third-order valence-corrected chi connectivity index (χ3v) is 8.36. The summed E-state index contributed by atoms with van der Waals surface area (Å²) in [6, 6.07) is 3.94. The molecule has 5 aliphatic rings. The Morgan fingerprint density at radius 2 is 2.14 bits per heavy atom. The topological polar surface area (TPSA) is 91.3 Å².